The number of benzene rings is 8. The van der Waals surface area contributed by atoms with Crippen molar-refractivity contribution in [3.63, 3.8) is 0 Å². The maximum Gasteiger partial charge on any atom is 0.164 e. The summed E-state index contributed by atoms with van der Waals surface area (Å²) in [5, 5.41) is 6.90. The average molecular weight is 652 g/mol. The zero-order valence-electron chi connectivity index (χ0n) is 27.5. The molecule has 0 bridgehead atoms. The van der Waals surface area contributed by atoms with Gasteiger partial charge in [-0.15, -0.1) is 0 Å². The van der Waals surface area contributed by atoms with Gasteiger partial charge in [-0.1, -0.05) is 152 Å². The molecule has 0 aliphatic rings. The molecular formula is C47H29N3O. The first-order chi connectivity index (χ1) is 25.3. The van der Waals surface area contributed by atoms with Gasteiger partial charge >= 0.3 is 0 Å². The minimum absolute atomic E-state index is 0.603. The average Bonchev–Trinajstić information content (AvgIpc) is 3.59. The Labute approximate surface area is 294 Å². The third-order valence-electron chi connectivity index (χ3n) is 9.73. The van der Waals surface area contributed by atoms with Crippen LogP contribution in [0.15, 0.2) is 180 Å². The number of hydrogen-bond acceptors (Lipinski definition) is 4. The van der Waals surface area contributed by atoms with Crippen molar-refractivity contribution in [1.82, 2.24) is 15.0 Å². The van der Waals surface area contributed by atoms with E-state index in [2.05, 4.69) is 103 Å². The number of rotatable bonds is 5. The minimum atomic E-state index is 0.603. The molecular weight excluding hydrogens is 623 g/mol. The quantitative estimate of drug-likeness (QED) is 0.186. The molecule has 0 N–H and O–H groups in total. The largest absolute Gasteiger partial charge is 0.456 e. The lowest BCUT2D eigenvalue weighted by Crippen LogP contribution is -2.00. The van der Waals surface area contributed by atoms with E-state index in [9.17, 15) is 0 Å². The van der Waals surface area contributed by atoms with Crippen molar-refractivity contribution in [2.75, 3.05) is 0 Å². The van der Waals surface area contributed by atoms with Crippen molar-refractivity contribution in [2.45, 2.75) is 0 Å². The van der Waals surface area contributed by atoms with Crippen LogP contribution in [0.4, 0.5) is 0 Å². The number of furan rings is 1. The molecule has 0 fully saturated rings. The SMILES string of the molecule is c1ccc(-c2nc(-c3ccccc3)nc(-c3cccc4oc5ccc(-c6cccc7c(-c8ccc9ccccc9c8)cccc67)cc5c34)n2)cc1. The summed E-state index contributed by atoms with van der Waals surface area (Å²) in [5.74, 6) is 1.86. The molecule has 0 radical (unpaired) electrons. The lowest BCUT2D eigenvalue weighted by Gasteiger charge is -2.12. The first kappa shape index (κ1) is 29.0. The molecule has 4 heteroatoms. The van der Waals surface area contributed by atoms with Gasteiger partial charge in [-0.2, -0.15) is 0 Å². The summed E-state index contributed by atoms with van der Waals surface area (Å²) in [7, 11) is 0. The summed E-state index contributed by atoms with van der Waals surface area (Å²) < 4.78 is 6.46. The van der Waals surface area contributed by atoms with Crippen LogP contribution in [-0.4, -0.2) is 15.0 Å². The van der Waals surface area contributed by atoms with Crippen molar-refractivity contribution < 1.29 is 4.42 Å². The van der Waals surface area contributed by atoms with Gasteiger partial charge in [0.1, 0.15) is 11.2 Å². The Balaban J connectivity index is 1.15. The Hall–Kier alpha value is -6.91. The first-order valence-corrected chi connectivity index (χ1v) is 17.1. The lowest BCUT2D eigenvalue weighted by atomic mass is 9.91. The fraction of sp³-hybridized carbons (Fsp3) is 0. The van der Waals surface area contributed by atoms with Gasteiger partial charge in [-0.25, -0.2) is 15.0 Å². The molecule has 4 nitrogen and oxygen atoms in total. The van der Waals surface area contributed by atoms with Gasteiger partial charge in [0.25, 0.3) is 0 Å². The van der Waals surface area contributed by atoms with Gasteiger partial charge < -0.3 is 4.42 Å². The Kier molecular flexibility index (Phi) is 6.78. The predicted octanol–water partition coefficient (Wildman–Crippen LogP) is 12.4. The summed E-state index contributed by atoms with van der Waals surface area (Å²) in [6, 6.07) is 61.2. The van der Waals surface area contributed by atoms with Crippen LogP contribution < -0.4 is 0 Å². The van der Waals surface area contributed by atoms with E-state index in [1.165, 1.54) is 38.2 Å². The van der Waals surface area contributed by atoms with E-state index < -0.39 is 0 Å². The van der Waals surface area contributed by atoms with E-state index in [0.29, 0.717) is 17.5 Å². The molecule has 8 aromatic carbocycles. The van der Waals surface area contributed by atoms with Crippen LogP contribution >= 0.6 is 0 Å². The van der Waals surface area contributed by atoms with Crippen LogP contribution in [0.2, 0.25) is 0 Å². The van der Waals surface area contributed by atoms with E-state index >= 15 is 0 Å². The van der Waals surface area contributed by atoms with Gasteiger partial charge in [-0.05, 0) is 68.1 Å². The molecule has 10 rings (SSSR count). The molecule has 0 saturated carbocycles. The smallest absolute Gasteiger partial charge is 0.164 e. The summed E-state index contributed by atoms with van der Waals surface area (Å²) >= 11 is 0. The number of nitrogens with zero attached hydrogens (tertiary/aromatic N) is 3. The number of fused-ring (bicyclic) bond motifs is 5. The van der Waals surface area contributed by atoms with Crippen molar-refractivity contribution in [1.29, 1.82) is 0 Å². The molecule has 0 atom stereocenters. The highest BCUT2D eigenvalue weighted by molar-refractivity contribution is 6.14. The standard InChI is InChI=1S/C47H29N3O/c1-3-13-31(14-4-1)45-48-46(32-15-5-2-6-16-32)50-47(49-45)40-22-11-23-43-44(40)41-29-35(26-27-42(41)51-43)37-19-10-20-38-36(18-9-21-39(37)38)34-25-24-30-12-7-8-17-33(30)28-34/h1-29H. The summed E-state index contributed by atoms with van der Waals surface area (Å²) in [5.41, 5.74) is 9.09. The zero-order valence-corrected chi connectivity index (χ0v) is 27.5. The van der Waals surface area contributed by atoms with E-state index in [1.807, 2.05) is 72.8 Å². The van der Waals surface area contributed by atoms with Crippen LogP contribution in [0.25, 0.3) is 99.9 Å². The Morgan fingerprint density at radius 1 is 0.314 bits per heavy atom. The van der Waals surface area contributed by atoms with E-state index in [4.69, 9.17) is 19.4 Å². The highest BCUT2D eigenvalue weighted by Gasteiger charge is 2.19. The topological polar surface area (TPSA) is 51.8 Å². The third-order valence-corrected chi connectivity index (χ3v) is 9.73. The lowest BCUT2D eigenvalue weighted by molar-refractivity contribution is 0.669. The molecule has 0 aliphatic carbocycles. The zero-order chi connectivity index (χ0) is 33.7. The van der Waals surface area contributed by atoms with Crippen LogP contribution in [0.1, 0.15) is 0 Å². The predicted molar refractivity (Wildman–Crippen MR) is 209 cm³/mol. The third kappa shape index (κ3) is 5.04. The monoisotopic (exact) mass is 651 g/mol. The van der Waals surface area contributed by atoms with Crippen molar-refractivity contribution in [3.8, 4) is 56.4 Å². The molecule has 0 aliphatic heterocycles. The molecule has 10 aromatic rings. The molecule has 0 spiro atoms. The molecule has 0 saturated heterocycles. The highest BCUT2D eigenvalue weighted by Crippen LogP contribution is 2.41. The summed E-state index contributed by atoms with van der Waals surface area (Å²) in [6.45, 7) is 0. The molecule has 2 heterocycles. The van der Waals surface area contributed by atoms with Gasteiger partial charge in [0.05, 0.1) is 0 Å². The Morgan fingerprint density at radius 2 is 0.863 bits per heavy atom. The number of hydrogen-bond donors (Lipinski definition) is 0. The van der Waals surface area contributed by atoms with Crippen LogP contribution in [0, 0.1) is 0 Å². The fourth-order valence-corrected chi connectivity index (χ4v) is 7.28. The van der Waals surface area contributed by atoms with E-state index in [-0.39, 0.29) is 0 Å². The molecule has 51 heavy (non-hydrogen) atoms. The Bertz CT molecular complexity index is 2860. The van der Waals surface area contributed by atoms with Gasteiger partial charge in [-0.3, -0.25) is 0 Å². The van der Waals surface area contributed by atoms with Gasteiger partial charge in [0.2, 0.25) is 0 Å². The number of aromatic nitrogens is 3. The highest BCUT2D eigenvalue weighted by atomic mass is 16.3. The van der Waals surface area contributed by atoms with Crippen LogP contribution in [-0.2, 0) is 0 Å². The first-order valence-electron chi connectivity index (χ1n) is 17.1. The summed E-state index contributed by atoms with van der Waals surface area (Å²) in [6.07, 6.45) is 0. The van der Waals surface area contributed by atoms with Crippen molar-refractivity contribution >= 4 is 43.5 Å². The second-order valence-corrected chi connectivity index (χ2v) is 12.8. The minimum Gasteiger partial charge on any atom is -0.456 e. The van der Waals surface area contributed by atoms with Crippen LogP contribution in [0.5, 0.6) is 0 Å². The maximum absolute atomic E-state index is 6.46. The van der Waals surface area contributed by atoms with E-state index in [1.54, 1.807) is 0 Å². The normalized spacial score (nSPS) is 11.5. The molecule has 0 unspecified atom stereocenters. The molecule has 2 aromatic heterocycles. The van der Waals surface area contributed by atoms with Gasteiger partial charge in [0, 0.05) is 27.5 Å². The Morgan fingerprint density at radius 3 is 1.55 bits per heavy atom. The molecule has 238 valence electrons. The van der Waals surface area contributed by atoms with Gasteiger partial charge in [0.15, 0.2) is 17.5 Å². The summed E-state index contributed by atoms with van der Waals surface area (Å²) in [4.78, 5) is 15.0. The van der Waals surface area contributed by atoms with Crippen LogP contribution in [0.3, 0.4) is 0 Å². The maximum atomic E-state index is 6.46. The molecule has 0 amide bonds. The van der Waals surface area contributed by atoms with Crippen molar-refractivity contribution in [2.24, 2.45) is 0 Å². The fourth-order valence-electron chi connectivity index (χ4n) is 7.28. The second-order valence-electron chi connectivity index (χ2n) is 12.8. The van der Waals surface area contributed by atoms with E-state index in [0.717, 1.165) is 44.2 Å². The van der Waals surface area contributed by atoms with Crippen molar-refractivity contribution in [3.05, 3.63) is 176 Å². The second kappa shape index (κ2) is 11.9.